The van der Waals surface area contributed by atoms with Crippen LogP contribution in [0, 0.1) is 0 Å². The van der Waals surface area contributed by atoms with Crippen LogP contribution in [0.5, 0.6) is 5.75 Å². The van der Waals surface area contributed by atoms with E-state index >= 15 is 0 Å². The van der Waals surface area contributed by atoms with Crippen molar-refractivity contribution in [1.82, 2.24) is 24.2 Å². The molecule has 2 N–H and O–H groups in total. The monoisotopic (exact) mass is 746 g/mol. The standard InChI is InChI=1S/C37H39ClN6O5S2/c1-37(2,49-51(3,46)47)21-34(45)39-17-19-43-18-16-32-35(43)36(41-26-40-32)42-29-14-15-33(31(38)20-29)48-30-23-44(22-27-10-6-4-7-11-27)50(25-30)24-28-12-8-5-9-13-28/h4-16,18,20,23,25-26H,17,19,21-22,24H2,1-3H3,(H,39,45)(H,40,41,42). The number of hydrogen-bond acceptors (Lipinski definition) is 9. The van der Waals surface area contributed by atoms with E-state index in [-0.39, 0.29) is 23.0 Å². The molecule has 3 aromatic carbocycles. The van der Waals surface area contributed by atoms with Gasteiger partial charge in [-0.15, -0.1) is 0 Å². The molecule has 0 fully saturated rings. The zero-order chi connectivity index (χ0) is 36.0. The van der Waals surface area contributed by atoms with Crippen molar-refractivity contribution in [3.8, 4) is 5.75 Å². The van der Waals surface area contributed by atoms with Gasteiger partial charge in [0.25, 0.3) is 10.1 Å². The molecule has 0 saturated carbocycles. The van der Waals surface area contributed by atoms with Crippen molar-refractivity contribution in [2.75, 3.05) is 18.1 Å². The van der Waals surface area contributed by atoms with Crippen LogP contribution in [0.4, 0.5) is 11.5 Å². The summed E-state index contributed by atoms with van der Waals surface area (Å²) in [6.45, 7) is 4.60. The van der Waals surface area contributed by atoms with Gasteiger partial charge in [-0.3, -0.25) is 8.98 Å². The second-order valence-electron chi connectivity index (χ2n) is 12.7. The molecule has 0 spiro atoms. The number of ether oxygens (including phenoxy) is 1. The predicted molar refractivity (Wildman–Crippen MR) is 204 cm³/mol. The van der Waals surface area contributed by atoms with Crippen molar-refractivity contribution in [3.63, 3.8) is 0 Å². The van der Waals surface area contributed by atoms with Gasteiger partial charge in [-0.05, 0) is 49.2 Å². The number of rotatable bonds is 15. The highest BCUT2D eigenvalue weighted by atomic mass is 35.5. The number of carbonyl (C=O) groups excluding carboxylic acids is 1. The summed E-state index contributed by atoms with van der Waals surface area (Å²) < 4.78 is 38.7. The molecule has 0 bridgehead atoms. The smallest absolute Gasteiger partial charge is 0.264 e. The maximum Gasteiger partial charge on any atom is 0.264 e. The Kier molecular flexibility index (Phi) is 11.1. The van der Waals surface area contributed by atoms with E-state index in [2.05, 4.69) is 85.0 Å². The molecule has 1 aliphatic heterocycles. The van der Waals surface area contributed by atoms with Gasteiger partial charge in [0.2, 0.25) is 5.91 Å². The molecule has 3 heterocycles. The number of anilines is 2. The third kappa shape index (κ3) is 9.97. The Morgan fingerprint density at radius 3 is 2.41 bits per heavy atom. The Morgan fingerprint density at radius 2 is 1.71 bits per heavy atom. The van der Waals surface area contributed by atoms with Crippen molar-refractivity contribution in [3.05, 3.63) is 126 Å². The number of fused-ring (bicyclic) bond motifs is 1. The molecule has 51 heavy (non-hydrogen) atoms. The zero-order valence-corrected chi connectivity index (χ0v) is 30.8. The normalized spacial score (nSPS) is 14.6. The summed E-state index contributed by atoms with van der Waals surface area (Å²) in [7, 11) is -3.91. The van der Waals surface area contributed by atoms with Gasteiger partial charge in [0.1, 0.15) is 17.6 Å². The fraction of sp³-hybridized carbons (Fsp3) is 0.243. The van der Waals surface area contributed by atoms with Crippen LogP contribution in [0.2, 0.25) is 5.02 Å². The fourth-order valence-corrected chi connectivity index (χ4v) is 8.64. The number of nitrogens with one attached hydrogen (secondary N) is 2. The van der Waals surface area contributed by atoms with Crippen molar-refractivity contribution < 1.29 is 22.1 Å². The summed E-state index contributed by atoms with van der Waals surface area (Å²) in [4.78, 5) is 21.4. The Balaban J connectivity index is 1.12. The van der Waals surface area contributed by atoms with Gasteiger partial charge < -0.3 is 24.2 Å². The quantitative estimate of drug-likeness (QED) is 0.0859. The molecule has 6 rings (SSSR count). The predicted octanol–water partition coefficient (Wildman–Crippen LogP) is 7.01. The number of hydrogen-bond donors (Lipinski definition) is 2. The van der Waals surface area contributed by atoms with Gasteiger partial charge in [-0.2, -0.15) is 8.42 Å². The second-order valence-corrected chi connectivity index (χ2v) is 16.4. The first-order chi connectivity index (χ1) is 24.4. The van der Waals surface area contributed by atoms with Gasteiger partial charge >= 0.3 is 0 Å². The molecule has 0 radical (unpaired) electrons. The largest absolute Gasteiger partial charge is 0.454 e. The highest BCUT2D eigenvalue weighted by Crippen LogP contribution is 2.36. The van der Waals surface area contributed by atoms with Crippen molar-refractivity contribution in [2.24, 2.45) is 0 Å². The van der Waals surface area contributed by atoms with Crippen LogP contribution >= 0.6 is 22.3 Å². The molecular formula is C37H39ClN6O5S2. The van der Waals surface area contributed by atoms with Crippen LogP contribution in [-0.2, 0) is 37.9 Å². The van der Waals surface area contributed by atoms with Crippen LogP contribution in [0.1, 0.15) is 31.4 Å². The van der Waals surface area contributed by atoms with Gasteiger partial charge in [-0.1, -0.05) is 82.9 Å². The maximum absolute atomic E-state index is 12.5. The average molecular weight is 747 g/mol. The summed E-state index contributed by atoms with van der Waals surface area (Å²) in [5, 5.41) is 8.78. The molecule has 1 atom stereocenters. The van der Waals surface area contributed by atoms with E-state index in [9.17, 15) is 13.2 Å². The zero-order valence-electron chi connectivity index (χ0n) is 28.5. The first-order valence-electron chi connectivity index (χ1n) is 16.2. The maximum atomic E-state index is 12.5. The molecular weight excluding hydrogens is 708 g/mol. The summed E-state index contributed by atoms with van der Waals surface area (Å²) in [6, 6.07) is 28.2. The number of amides is 1. The molecule has 1 unspecified atom stereocenters. The minimum absolute atomic E-state index is 0.112. The van der Waals surface area contributed by atoms with Crippen LogP contribution in [0.25, 0.3) is 11.0 Å². The molecule has 1 aliphatic rings. The summed E-state index contributed by atoms with van der Waals surface area (Å²) in [5.41, 5.74) is 3.50. The van der Waals surface area contributed by atoms with E-state index in [1.165, 1.54) is 17.5 Å². The van der Waals surface area contributed by atoms with E-state index in [4.69, 9.17) is 20.5 Å². The number of halogens is 1. The number of nitrogens with zero attached hydrogens (tertiary/aromatic N) is 4. The van der Waals surface area contributed by atoms with E-state index < -0.39 is 15.7 Å². The topological polar surface area (TPSA) is 128 Å². The molecule has 5 aromatic rings. The molecule has 0 saturated heterocycles. The highest BCUT2D eigenvalue weighted by molar-refractivity contribution is 8.12. The van der Waals surface area contributed by atoms with Gasteiger partial charge in [0.05, 0.1) is 41.6 Å². The van der Waals surface area contributed by atoms with Crippen LogP contribution in [-0.4, -0.2) is 56.9 Å². The average Bonchev–Trinajstić information content (AvgIpc) is 3.65. The Morgan fingerprint density at radius 1 is 0.980 bits per heavy atom. The summed E-state index contributed by atoms with van der Waals surface area (Å²) in [6.07, 6.45) is 6.26. The first kappa shape index (κ1) is 36.1. The minimum Gasteiger partial charge on any atom is -0.454 e. The lowest BCUT2D eigenvalue weighted by Crippen LogP contribution is -2.36. The lowest BCUT2D eigenvalue weighted by atomic mass is 10.1. The summed E-state index contributed by atoms with van der Waals surface area (Å²) >= 11 is 6.78. The van der Waals surface area contributed by atoms with Crippen LogP contribution in [0.15, 0.2) is 109 Å². The van der Waals surface area contributed by atoms with Gasteiger partial charge in [-0.25, -0.2) is 9.97 Å². The number of allylic oxidation sites excluding steroid dienone is 1. The molecule has 11 nitrogen and oxygen atoms in total. The molecule has 1 amide bonds. The van der Waals surface area contributed by atoms with Crippen molar-refractivity contribution >= 4 is 66.2 Å². The van der Waals surface area contributed by atoms with Crippen LogP contribution in [0.3, 0.4) is 0 Å². The van der Waals surface area contributed by atoms with E-state index in [1.807, 2.05) is 41.1 Å². The Hall–Kier alpha value is -4.69. The summed E-state index contributed by atoms with van der Waals surface area (Å²) in [5.74, 6) is 2.38. The second kappa shape index (κ2) is 15.7. The lowest BCUT2D eigenvalue weighted by molar-refractivity contribution is -0.124. The number of aromatic nitrogens is 3. The third-order valence-corrected chi connectivity index (χ3v) is 10.8. The molecule has 2 aromatic heterocycles. The molecule has 0 aliphatic carbocycles. The molecule has 14 heteroatoms. The fourth-order valence-electron chi connectivity index (χ4n) is 5.69. The van der Waals surface area contributed by atoms with E-state index in [0.717, 1.165) is 35.3 Å². The number of carbonyl (C=O) groups is 1. The van der Waals surface area contributed by atoms with Gasteiger partial charge in [0.15, 0.2) is 11.6 Å². The van der Waals surface area contributed by atoms with Crippen LogP contribution < -0.4 is 15.4 Å². The first-order valence-corrected chi connectivity index (χ1v) is 19.8. The van der Waals surface area contributed by atoms with E-state index in [1.54, 1.807) is 19.9 Å². The Bertz CT molecular complexity index is 2190. The van der Waals surface area contributed by atoms with Crippen molar-refractivity contribution in [1.29, 1.82) is 0 Å². The SMILES string of the molecule is CC(C)(CC(=O)NCCn1ccc2ncnc(Nc3ccc(OC4=CN(Cc5ccccc5)S(Cc5ccccc5)=C4)c(Cl)c3)c21)OS(C)(=O)=O. The minimum atomic E-state index is -3.70. The number of benzene rings is 3. The van der Waals surface area contributed by atoms with Gasteiger partial charge in [0, 0.05) is 36.1 Å². The van der Waals surface area contributed by atoms with Crippen molar-refractivity contribution in [2.45, 2.75) is 44.7 Å². The third-order valence-electron chi connectivity index (χ3n) is 7.77. The highest BCUT2D eigenvalue weighted by Gasteiger charge is 2.27. The lowest BCUT2D eigenvalue weighted by Gasteiger charge is -2.22. The van der Waals surface area contributed by atoms with E-state index in [0.29, 0.717) is 35.4 Å². The Labute approximate surface area is 305 Å². The molecule has 266 valence electrons.